The Labute approximate surface area is 139 Å². The van der Waals surface area contributed by atoms with Gasteiger partial charge in [0.15, 0.2) is 12.2 Å². The predicted octanol–water partition coefficient (Wildman–Crippen LogP) is -0.295. The smallest absolute Gasteiger partial charge is 0.303 e. The highest BCUT2D eigenvalue weighted by atomic mass is 16.6. The normalized spacial score (nSPS) is 29.3. The molecule has 0 bridgehead atoms. The molecule has 0 saturated carbocycles. The van der Waals surface area contributed by atoms with Crippen molar-refractivity contribution < 1.29 is 38.1 Å². The molecular weight excluding hydrogens is 322 g/mol. The van der Waals surface area contributed by atoms with Gasteiger partial charge in [-0.3, -0.25) is 19.2 Å². The van der Waals surface area contributed by atoms with Crippen molar-refractivity contribution in [3.8, 4) is 0 Å². The van der Waals surface area contributed by atoms with Gasteiger partial charge in [0.25, 0.3) is 0 Å². The van der Waals surface area contributed by atoms with Crippen molar-refractivity contribution in [3.05, 3.63) is 0 Å². The molecule has 1 N–H and O–H groups in total. The second-order valence-corrected chi connectivity index (χ2v) is 5.56. The van der Waals surface area contributed by atoms with Gasteiger partial charge < -0.3 is 24.3 Å². The summed E-state index contributed by atoms with van der Waals surface area (Å²) in [7, 11) is 0. The maximum atomic E-state index is 11.5. The van der Waals surface area contributed by atoms with Gasteiger partial charge in [0.05, 0.1) is 12.1 Å². The highest BCUT2D eigenvalue weighted by Crippen LogP contribution is 2.26. The Morgan fingerprint density at radius 3 is 1.92 bits per heavy atom. The number of hydrogen-bond donors (Lipinski definition) is 1. The molecule has 1 fully saturated rings. The van der Waals surface area contributed by atoms with Crippen molar-refractivity contribution in [2.45, 2.75) is 65.1 Å². The van der Waals surface area contributed by atoms with E-state index in [1.807, 2.05) is 0 Å². The zero-order valence-corrected chi connectivity index (χ0v) is 14.4. The average Bonchev–Trinajstić information content (AvgIpc) is 2.42. The summed E-state index contributed by atoms with van der Waals surface area (Å²) in [5.41, 5.74) is 0. The first-order chi connectivity index (χ1) is 11.1. The van der Waals surface area contributed by atoms with Gasteiger partial charge in [0, 0.05) is 27.7 Å². The zero-order valence-electron chi connectivity index (χ0n) is 14.4. The number of hydrogen-bond acceptors (Lipinski definition) is 8. The summed E-state index contributed by atoms with van der Waals surface area (Å²) in [5.74, 6) is -2.11. The molecule has 0 aliphatic carbocycles. The SMILES string of the molecule is CC(=O)NC1[C@H](C)OC(COC(C)=O)[C@@H](OC(C)=O)[C@@H]1OC(C)=O. The molecule has 2 unspecified atom stereocenters. The van der Waals surface area contributed by atoms with E-state index in [4.69, 9.17) is 18.9 Å². The molecule has 1 rings (SSSR count). The third-order valence-corrected chi connectivity index (χ3v) is 3.36. The third kappa shape index (κ3) is 5.80. The predicted molar refractivity (Wildman–Crippen MR) is 79.7 cm³/mol. The molecule has 5 atom stereocenters. The van der Waals surface area contributed by atoms with E-state index in [2.05, 4.69) is 5.32 Å². The van der Waals surface area contributed by atoms with Gasteiger partial charge in [0.1, 0.15) is 12.7 Å². The molecular formula is C15H23NO8. The molecule has 0 spiro atoms. The topological polar surface area (TPSA) is 117 Å². The van der Waals surface area contributed by atoms with Crippen LogP contribution in [0.1, 0.15) is 34.6 Å². The van der Waals surface area contributed by atoms with Crippen molar-refractivity contribution in [2.75, 3.05) is 6.61 Å². The van der Waals surface area contributed by atoms with Crippen molar-refractivity contribution in [1.82, 2.24) is 5.32 Å². The maximum Gasteiger partial charge on any atom is 0.303 e. The Bertz CT molecular complexity index is 506. The second kappa shape index (κ2) is 8.62. The molecule has 1 saturated heterocycles. The molecule has 0 aromatic rings. The number of carbonyl (C=O) groups excluding carboxylic acids is 4. The lowest BCUT2D eigenvalue weighted by Gasteiger charge is -2.44. The standard InChI is InChI=1S/C15H23NO8/c1-7-13(16-8(2)17)15(24-11(5)20)14(23-10(4)19)12(22-7)6-21-9(3)18/h7,12-15H,6H2,1-5H3,(H,16,17)/t7-,12?,13?,14+,15+/m0/s1. The summed E-state index contributed by atoms with van der Waals surface area (Å²) in [6.07, 6.45) is -3.40. The van der Waals surface area contributed by atoms with Gasteiger partial charge in [-0.1, -0.05) is 0 Å². The van der Waals surface area contributed by atoms with Crippen molar-refractivity contribution in [2.24, 2.45) is 0 Å². The average molecular weight is 345 g/mol. The number of esters is 3. The van der Waals surface area contributed by atoms with Crippen LogP contribution in [-0.2, 0) is 38.1 Å². The van der Waals surface area contributed by atoms with Crippen LogP contribution < -0.4 is 5.32 Å². The fraction of sp³-hybridized carbons (Fsp3) is 0.733. The molecule has 24 heavy (non-hydrogen) atoms. The fourth-order valence-electron chi connectivity index (χ4n) is 2.56. The van der Waals surface area contributed by atoms with Crippen LogP contribution in [0.4, 0.5) is 0 Å². The quantitative estimate of drug-likeness (QED) is 0.533. The first-order valence-corrected chi connectivity index (χ1v) is 7.52. The van der Waals surface area contributed by atoms with E-state index in [9.17, 15) is 19.2 Å². The summed E-state index contributed by atoms with van der Waals surface area (Å²) in [4.78, 5) is 45.3. The number of carbonyl (C=O) groups is 4. The minimum Gasteiger partial charge on any atom is -0.463 e. The molecule has 0 aromatic carbocycles. The van der Waals surface area contributed by atoms with E-state index in [0.29, 0.717) is 0 Å². The zero-order chi connectivity index (χ0) is 18.4. The molecule has 1 aliphatic rings. The van der Waals surface area contributed by atoms with E-state index < -0.39 is 48.4 Å². The Balaban J connectivity index is 3.11. The van der Waals surface area contributed by atoms with Crippen molar-refractivity contribution in [1.29, 1.82) is 0 Å². The highest BCUT2D eigenvalue weighted by Gasteiger charge is 2.49. The number of amides is 1. The van der Waals surface area contributed by atoms with E-state index in [0.717, 1.165) is 0 Å². The van der Waals surface area contributed by atoms with Gasteiger partial charge >= 0.3 is 17.9 Å². The molecule has 1 heterocycles. The minimum absolute atomic E-state index is 0.178. The van der Waals surface area contributed by atoms with Crippen molar-refractivity contribution in [3.63, 3.8) is 0 Å². The molecule has 9 nitrogen and oxygen atoms in total. The first kappa shape index (κ1) is 19.9. The van der Waals surface area contributed by atoms with Gasteiger partial charge in [-0.15, -0.1) is 0 Å². The monoisotopic (exact) mass is 345 g/mol. The Morgan fingerprint density at radius 1 is 0.917 bits per heavy atom. The molecule has 9 heteroatoms. The number of nitrogens with one attached hydrogen (secondary N) is 1. The van der Waals surface area contributed by atoms with Crippen LogP contribution in [-0.4, -0.2) is 60.9 Å². The van der Waals surface area contributed by atoms with Crippen molar-refractivity contribution >= 4 is 23.8 Å². The third-order valence-electron chi connectivity index (χ3n) is 3.36. The van der Waals surface area contributed by atoms with Gasteiger partial charge in [-0.05, 0) is 6.92 Å². The summed E-state index contributed by atoms with van der Waals surface area (Å²) >= 11 is 0. The van der Waals surface area contributed by atoms with Gasteiger partial charge in [-0.25, -0.2) is 0 Å². The molecule has 136 valence electrons. The van der Waals surface area contributed by atoms with Crippen LogP contribution in [0.2, 0.25) is 0 Å². The lowest BCUT2D eigenvalue weighted by Crippen LogP contribution is -2.65. The maximum absolute atomic E-state index is 11.5. The number of rotatable bonds is 5. The van der Waals surface area contributed by atoms with Gasteiger partial charge in [0.2, 0.25) is 5.91 Å². The Hall–Kier alpha value is -2.16. The molecule has 1 aliphatic heterocycles. The molecule has 0 radical (unpaired) electrons. The van der Waals surface area contributed by atoms with E-state index in [1.54, 1.807) is 6.92 Å². The lowest BCUT2D eigenvalue weighted by atomic mass is 9.92. The Morgan fingerprint density at radius 2 is 1.46 bits per heavy atom. The van der Waals surface area contributed by atoms with Gasteiger partial charge in [-0.2, -0.15) is 0 Å². The summed E-state index contributed by atoms with van der Waals surface area (Å²) < 4.78 is 21.1. The van der Waals surface area contributed by atoms with E-state index in [-0.39, 0.29) is 12.5 Å². The summed E-state index contributed by atoms with van der Waals surface area (Å²) in [6.45, 7) is 6.43. The second-order valence-electron chi connectivity index (χ2n) is 5.56. The lowest BCUT2D eigenvalue weighted by molar-refractivity contribution is -0.221. The summed E-state index contributed by atoms with van der Waals surface area (Å²) in [6, 6.07) is -0.718. The highest BCUT2D eigenvalue weighted by molar-refractivity contribution is 5.73. The summed E-state index contributed by atoms with van der Waals surface area (Å²) in [5, 5.41) is 2.64. The molecule has 0 aromatic heterocycles. The largest absolute Gasteiger partial charge is 0.463 e. The van der Waals surface area contributed by atoms with Crippen LogP contribution in [0.3, 0.4) is 0 Å². The fourth-order valence-corrected chi connectivity index (χ4v) is 2.56. The molecule has 1 amide bonds. The van der Waals surface area contributed by atoms with Crippen LogP contribution in [0.25, 0.3) is 0 Å². The van der Waals surface area contributed by atoms with Crippen LogP contribution in [0.5, 0.6) is 0 Å². The minimum atomic E-state index is -1.03. The Kier molecular flexibility index (Phi) is 7.15. The van der Waals surface area contributed by atoms with E-state index >= 15 is 0 Å². The van der Waals surface area contributed by atoms with Crippen LogP contribution in [0, 0.1) is 0 Å². The van der Waals surface area contributed by atoms with Crippen LogP contribution in [0.15, 0.2) is 0 Å². The first-order valence-electron chi connectivity index (χ1n) is 7.52. The number of ether oxygens (including phenoxy) is 4. The van der Waals surface area contributed by atoms with Crippen LogP contribution >= 0.6 is 0 Å². The van der Waals surface area contributed by atoms with E-state index in [1.165, 1.54) is 27.7 Å².